The predicted molar refractivity (Wildman–Crippen MR) is 120 cm³/mol. The molecule has 0 unspecified atom stereocenters. The van der Waals surface area contributed by atoms with Gasteiger partial charge in [0.25, 0.3) is 0 Å². The number of carbonyl (C=O) groups excluding carboxylic acids is 2. The van der Waals surface area contributed by atoms with Gasteiger partial charge in [-0.15, -0.1) is 10.2 Å². The van der Waals surface area contributed by atoms with Crippen LogP contribution in [0.1, 0.15) is 23.4 Å². The quantitative estimate of drug-likeness (QED) is 0.539. The SMILES string of the molecule is Cc1ccc(C)c(NC(=O)CCc2nnc(SCC(=O)Nc3ccccc3)n2C)c1. The van der Waals surface area contributed by atoms with Crippen molar-refractivity contribution < 1.29 is 9.59 Å². The van der Waals surface area contributed by atoms with Crippen LogP contribution in [0.3, 0.4) is 0 Å². The Bertz CT molecular complexity index is 1030. The van der Waals surface area contributed by atoms with Crippen molar-refractivity contribution in [3.05, 3.63) is 65.5 Å². The van der Waals surface area contributed by atoms with E-state index >= 15 is 0 Å². The first-order valence-electron chi connectivity index (χ1n) is 9.65. The van der Waals surface area contributed by atoms with E-state index in [2.05, 4.69) is 20.8 Å². The van der Waals surface area contributed by atoms with Crippen LogP contribution in [0.4, 0.5) is 11.4 Å². The van der Waals surface area contributed by atoms with Gasteiger partial charge in [0.2, 0.25) is 11.8 Å². The fourth-order valence-corrected chi connectivity index (χ4v) is 3.58. The zero-order valence-corrected chi connectivity index (χ0v) is 18.1. The topological polar surface area (TPSA) is 88.9 Å². The molecule has 7 nitrogen and oxygen atoms in total. The molecule has 2 N–H and O–H groups in total. The summed E-state index contributed by atoms with van der Waals surface area (Å²) in [6.45, 7) is 3.96. The Morgan fingerprint density at radius 1 is 1.00 bits per heavy atom. The van der Waals surface area contributed by atoms with Gasteiger partial charge in [-0.1, -0.05) is 42.1 Å². The van der Waals surface area contributed by atoms with E-state index in [1.807, 2.05) is 74.0 Å². The average Bonchev–Trinajstić information content (AvgIpc) is 3.08. The first-order valence-corrected chi connectivity index (χ1v) is 10.6. The van der Waals surface area contributed by atoms with E-state index in [9.17, 15) is 9.59 Å². The van der Waals surface area contributed by atoms with Crippen molar-refractivity contribution in [3.63, 3.8) is 0 Å². The van der Waals surface area contributed by atoms with E-state index in [-0.39, 0.29) is 17.6 Å². The monoisotopic (exact) mass is 423 g/mol. The highest BCUT2D eigenvalue weighted by molar-refractivity contribution is 7.99. The summed E-state index contributed by atoms with van der Waals surface area (Å²) in [4.78, 5) is 24.4. The summed E-state index contributed by atoms with van der Waals surface area (Å²) in [5, 5.41) is 14.8. The Morgan fingerprint density at radius 2 is 1.77 bits per heavy atom. The Morgan fingerprint density at radius 3 is 2.53 bits per heavy atom. The minimum absolute atomic E-state index is 0.0665. The van der Waals surface area contributed by atoms with Gasteiger partial charge in [-0.05, 0) is 43.2 Å². The zero-order chi connectivity index (χ0) is 21.5. The minimum Gasteiger partial charge on any atom is -0.326 e. The molecule has 1 heterocycles. The first-order chi connectivity index (χ1) is 14.4. The van der Waals surface area contributed by atoms with E-state index in [0.29, 0.717) is 23.8 Å². The Kier molecular flexibility index (Phi) is 7.24. The lowest BCUT2D eigenvalue weighted by molar-refractivity contribution is -0.116. The summed E-state index contributed by atoms with van der Waals surface area (Å²) in [6, 6.07) is 15.3. The lowest BCUT2D eigenvalue weighted by Crippen LogP contribution is -2.15. The van der Waals surface area contributed by atoms with Crippen LogP contribution < -0.4 is 10.6 Å². The molecule has 0 spiro atoms. The highest BCUT2D eigenvalue weighted by Gasteiger charge is 2.13. The number of anilines is 2. The van der Waals surface area contributed by atoms with Crippen LogP contribution in [0, 0.1) is 13.8 Å². The highest BCUT2D eigenvalue weighted by Crippen LogP contribution is 2.19. The lowest BCUT2D eigenvalue weighted by Gasteiger charge is -2.09. The van der Waals surface area contributed by atoms with Crippen molar-refractivity contribution >= 4 is 35.0 Å². The number of aryl methyl sites for hydroxylation is 3. The first kappa shape index (κ1) is 21.6. The van der Waals surface area contributed by atoms with Gasteiger partial charge in [-0.3, -0.25) is 9.59 Å². The second-order valence-electron chi connectivity index (χ2n) is 7.03. The Balaban J connectivity index is 1.49. The number of aromatic nitrogens is 3. The maximum Gasteiger partial charge on any atom is 0.234 e. The highest BCUT2D eigenvalue weighted by atomic mass is 32.2. The van der Waals surface area contributed by atoms with Gasteiger partial charge in [0.1, 0.15) is 5.82 Å². The van der Waals surface area contributed by atoms with Crippen molar-refractivity contribution in [2.45, 2.75) is 31.8 Å². The van der Waals surface area contributed by atoms with Crippen LogP contribution in [-0.4, -0.2) is 32.3 Å². The number of hydrogen-bond donors (Lipinski definition) is 2. The molecule has 0 atom stereocenters. The van der Waals surface area contributed by atoms with Gasteiger partial charge < -0.3 is 15.2 Å². The van der Waals surface area contributed by atoms with Crippen molar-refractivity contribution in [2.75, 3.05) is 16.4 Å². The van der Waals surface area contributed by atoms with Crippen molar-refractivity contribution in [1.82, 2.24) is 14.8 Å². The smallest absolute Gasteiger partial charge is 0.234 e. The molecule has 156 valence electrons. The molecular formula is C22H25N5O2S. The zero-order valence-electron chi connectivity index (χ0n) is 17.3. The van der Waals surface area contributed by atoms with E-state index in [4.69, 9.17) is 0 Å². The van der Waals surface area contributed by atoms with Gasteiger partial charge in [-0.25, -0.2) is 0 Å². The largest absolute Gasteiger partial charge is 0.326 e. The van der Waals surface area contributed by atoms with Crippen LogP contribution in [-0.2, 0) is 23.1 Å². The van der Waals surface area contributed by atoms with Crippen LogP contribution in [0.25, 0.3) is 0 Å². The molecule has 0 radical (unpaired) electrons. The minimum atomic E-state index is -0.108. The third-order valence-corrected chi connectivity index (χ3v) is 5.58. The lowest BCUT2D eigenvalue weighted by atomic mass is 10.1. The number of amides is 2. The number of nitrogens with one attached hydrogen (secondary N) is 2. The molecule has 0 bridgehead atoms. The van der Waals surface area contributed by atoms with E-state index < -0.39 is 0 Å². The number of nitrogens with zero attached hydrogens (tertiary/aromatic N) is 3. The number of thioether (sulfide) groups is 1. The van der Waals surface area contributed by atoms with Crippen molar-refractivity contribution in [1.29, 1.82) is 0 Å². The molecule has 0 aliphatic carbocycles. The van der Waals surface area contributed by atoms with Crippen LogP contribution in [0.15, 0.2) is 53.7 Å². The number of carbonyl (C=O) groups is 2. The number of benzene rings is 2. The second kappa shape index (κ2) is 10.1. The molecule has 0 aliphatic rings. The van der Waals surface area contributed by atoms with E-state index in [1.165, 1.54) is 11.8 Å². The van der Waals surface area contributed by atoms with Gasteiger partial charge >= 0.3 is 0 Å². The number of hydrogen-bond acceptors (Lipinski definition) is 5. The molecule has 8 heteroatoms. The normalized spacial score (nSPS) is 10.6. The fourth-order valence-electron chi connectivity index (χ4n) is 2.85. The molecule has 2 amide bonds. The summed E-state index contributed by atoms with van der Waals surface area (Å²) in [7, 11) is 1.84. The third kappa shape index (κ3) is 5.93. The summed E-state index contributed by atoms with van der Waals surface area (Å²) in [6.07, 6.45) is 0.773. The van der Waals surface area contributed by atoms with E-state index in [1.54, 1.807) is 0 Å². The molecule has 30 heavy (non-hydrogen) atoms. The molecule has 0 aliphatic heterocycles. The van der Waals surface area contributed by atoms with Crippen molar-refractivity contribution in [3.8, 4) is 0 Å². The van der Waals surface area contributed by atoms with Crippen LogP contribution in [0.2, 0.25) is 0 Å². The molecular weight excluding hydrogens is 398 g/mol. The summed E-state index contributed by atoms with van der Waals surface area (Å²) in [5.41, 5.74) is 3.72. The van der Waals surface area contributed by atoms with Gasteiger partial charge in [0.15, 0.2) is 5.16 Å². The fraction of sp³-hybridized carbons (Fsp3) is 0.273. The molecule has 2 aromatic carbocycles. The molecule has 1 aromatic heterocycles. The van der Waals surface area contributed by atoms with Crippen LogP contribution >= 0.6 is 11.8 Å². The van der Waals surface area contributed by atoms with Gasteiger partial charge in [0.05, 0.1) is 5.75 Å². The molecule has 0 fully saturated rings. The van der Waals surface area contributed by atoms with Gasteiger partial charge in [0, 0.05) is 31.3 Å². The molecule has 3 rings (SSSR count). The number of rotatable bonds is 8. The second-order valence-corrected chi connectivity index (χ2v) is 7.97. The Labute approximate surface area is 180 Å². The van der Waals surface area contributed by atoms with E-state index in [0.717, 1.165) is 22.5 Å². The summed E-state index contributed by atoms with van der Waals surface area (Å²) in [5.74, 6) is 0.762. The third-order valence-electron chi connectivity index (χ3n) is 4.56. The molecule has 0 saturated heterocycles. The summed E-state index contributed by atoms with van der Waals surface area (Å²) < 4.78 is 1.83. The standard InChI is InChI=1S/C22H25N5O2S/c1-15-9-10-16(2)18(13-15)24-20(28)12-11-19-25-26-22(27(19)3)30-14-21(29)23-17-7-5-4-6-8-17/h4-10,13H,11-12,14H2,1-3H3,(H,23,29)(H,24,28). The maximum atomic E-state index is 12.3. The maximum absolute atomic E-state index is 12.3. The molecule has 0 saturated carbocycles. The van der Waals surface area contributed by atoms with Crippen molar-refractivity contribution in [2.24, 2.45) is 7.05 Å². The average molecular weight is 424 g/mol. The predicted octanol–water partition coefficient (Wildman–Crippen LogP) is 3.73. The van der Waals surface area contributed by atoms with Crippen LogP contribution in [0.5, 0.6) is 0 Å². The number of para-hydroxylation sites is 1. The summed E-state index contributed by atoms with van der Waals surface area (Å²) >= 11 is 1.31. The Hall–Kier alpha value is -3.13. The van der Waals surface area contributed by atoms with Gasteiger partial charge in [-0.2, -0.15) is 0 Å². The molecule has 3 aromatic rings.